The molecule has 4 heterocycles. The third-order valence-electron chi connectivity index (χ3n) is 11.1. The zero-order chi connectivity index (χ0) is 44.2. The lowest BCUT2D eigenvalue weighted by Crippen LogP contribution is -2.44. The molecular weight excluding hydrogens is 809 g/mol. The molecule has 2 saturated heterocycles. The third kappa shape index (κ3) is 10.8. The van der Waals surface area contributed by atoms with Crippen LogP contribution in [0.2, 0.25) is 0 Å². The Bertz CT molecular complexity index is 2220. The molecule has 2 aromatic carbocycles. The second kappa shape index (κ2) is 19.1. The van der Waals surface area contributed by atoms with Gasteiger partial charge >= 0.3 is 19.7 Å². The van der Waals surface area contributed by atoms with Crippen molar-refractivity contribution in [2.75, 3.05) is 44.8 Å². The SMILES string of the molecule is C#Cc1c(F)ccc2cc(OP(=O)(N[C@@H](C)C(=O)OC(C)C)OC(C)C)cc([C@@H]3COc4c(nc(OC[C@]5(C)C[C@@H](F)CN5C)nc4N4CCCCC(NC(=O)C=C)C4)C3)c12. The number of amides is 1. The highest BCUT2D eigenvalue weighted by atomic mass is 31.2. The van der Waals surface area contributed by atoms with Crippen LogP contribution in [0.5, 0.6) is 17.5 Å². The molecule has 3 aromatic rings. The van der Waals surface area contributed by atoms with Crippen molar-refractivity contribution in [1.82, 2.24) is 25.3 Å². The first-order valence-electron chi connectivity index (χ1n) is 20.8. The summed E-state index contributed by atoms with van der Waals surface area (Å²) in [6.45, 7) is 15.4. The van der Waals surface area contributed by atoms with E-state index in [1.165, 1.54) is 19.1 Å². The van der Waals surface area contributed by atoms with Crippen molar-refractivity contribution in [3.05, 3.63) is 59.6 Å². The number of halogens is 2. The molecular formula is C44H57F2N6O8P. The Hall–Kier alpha value is -4.81. The van der Waals surface area contributed by atoms with E-state index in [9.17, 15) is 18.5 Å². The summed E-state index contributed by atoms with van der Waals surface area (Å²) in [6.07, 6.45) is 8.21. The number of likely N-dealkylation sites (N-methyl/N-ethyl adjacent to an activating group) is 1. The van der Waals surface area contributed by atoms with Crippen LogP contribution in [0.15, 0.2) is 36.9 Å². The van der Waals surface area contributed by atoms with Crippen molar-refractivity contribution in [3.63, 3.8) is 0 Å². The Labute approximate surface area is 356 Å². The number of esters is 1. The summed E-state index contributed by atoms with van der Waals surface area (Å²) >= 11 is 0. The number of likely N-dealkylation sites (tertiary alicyclic amines) is 1. The number of rotatable bonds is 15. The fraction of sp³-hybridized carbons (Fsp3) is 0.545. The lowest BCUT2D eigenvalue weighted by molar-refractivity contribution is -0.149. The smallest absolute Gasteiger partial charge is 0.459 e. The zero-order valence-electron chi connectivity index (χ0n) is 36.0. The maximum Gasteiger partial charge on any atom is 0.459 e. The molecule has 0 saturated carbocycles. The summed E-state index contributed by atoms with van der Waals surface area (Å²) in [5, 5.41) is 6.67. The number of anilines is 1. The molecule has 0 spiro atoms. The Morgan fingerprint density at radius 3 is 2.61 bits per heavy atom. The predicted molar refractivity (Wildman–Crippen MR) is 228 cm³/mol. The van der Waals surface area contributed by atoms with E-state index >= 15 is 4.39 Å². The largest absolute Gasteiger partial charge is 0.487 e. The lowest BCUT2D eigenvalue weighted by atomic mass is 9.87. The van der Waals surface area contributed by atoms with E-state index in [0.717, 1.165) is 19.3 Å². The first-order chi connectivity index (χ1) is 28.9. The van der Waals surface area contributed by atoms with E-state index in [2.05, 4.69) is 27.8 Å². The Morgan fingerprint density at radius 1 is 1.16 bits per heavy atom. The first kappa shape index (κ1) is 45.7. The molecule has 2 fully saturated rings. The predicted octanol–water partition coefficient (Wildman–Crippen LogP) is 6.78. The molecule has 3 aliphatic heterocycles. The number of benzene rings is 2. The molecule has 0 bridgehead atoms. The molecule has 2 N–H and O–H groups in total. The Morgan fingerprint density at radius 2 is 1.93 bits per heavy atom. The lowest BCUT2D eigenvalue weighted by Gasteiger charge is -2.33. The quantitative estimate of drug-likeness (QED) is 0.0715. The van der Waals surface area contributed by atoms with E-state index in [-0.39, 0.29) is 61.9 Å². The minimum Gasteiger partial charge on any atom is -0.487 e. The molecule has 330 valence electrons. The maximum absolute atomic E-state index is 15.5. The van der Waals surface area contributed by atoms with Gasteiger partial charge in [-0.15, -0.1) is 6.42 Å². The van der Waals surface area contributed by atoms with E-state index in [0.29, 0.717) is 46.7 Å². The highest BCUT2D eigenvalue weighted by molar-refractivity contribution is 7.52. The molecule has 1 amide bonds. The minimum atomic E-state index is -4.25. The van der Waals surface area contributed by atoms with Crippen LogP contribution in [0.4, 0.5) is 14.6 Å². The van der Waals surface area contributed by atoms with Gasteiger partial charge in [-0.25, -0.2) is 13.3 Å². The summed E-state index contributed by atoms with van der Waals surface area (Å²) in [5.41, 5.74) is 0.467. The van der Waals surface area contributed by atoms with Crippen molar-refractivity contribution >= 4 is 36.2 Å². The van der Waals surface area contributed by atoms with Crippen LogP contribution in [0.25, 0.3) is 10.8 Å². The number of alkyl halides is 1. The van der Waals surface area contributed by atoms with Gasteiger partial charge in [0.15, 0.2) is 11.6 Å². The minimum absolute atomic E-state index is 0.0271. The van der Waals surface area contributed by atoms with E-state index < -0.39 is 55.4 Å². The number of hydrogen-bond donors (Lipinski definition) is 2. The average molecular weight is 867 g/mol. The average Bonchev–Trinajstić information content (AvgIpc) is 3.30. The number of hydrogen-bond acceptors (Lipinski definition) is 12. The van der Waals surface area contributed by atoms with Crippen LogP contribution in [-0.4, -0.2) is 103 Å². The van der Waals surface area contributed by atoms with Crippen molar-refractivity contribution in [1.29, 1.82) is 0 Å². The summed E-state index contributed by atoms with van der Waals surface area (Å²) in [7, 11) is -2.39. The molecule has 14 nitrogen and oxygen atoms in total. The summed E-state index contributed by atoms with van der Waals surface area (Å²) in [6, 6.07) is 4.85. The van der Waals surface area contributed by atoms with Gasteiger partial charge in [0.05, 0.1) is 35.6 Å². The summed E-state index contributed by atoms with van der Waals surface area (Å²) < 4.78 is 74.5. The topological polar surface area (TPSA) is 154 Å². The standard InChI is InChI=1S/C44H57F2N6O8P/c1-10-34-36(46)16-15-29-18-33(60-61(55,59-27(5)6)50-28(7)42(54)58-26(3)4)20-35(39(29)34)30-19-37-40(56-24-30)41(52-17-13-12-14-32(23-52)47-38(53)11-2)49-43(48-37)57-25-44(8)21-31(45)22-51(44)9/h1,11,15-16,18,20,26-28,30-32H,2,12-14,17,19,21-25H2,3-9H3,(H,47,53)(H,50,55)/t28-,30-,31+,32?,44-,61?/m0/s1. The molecule has 0 aliphatic carbocycles. The number of ether oxygens (including phenoxy) is 3. The van der Waals surface area contributed by atoms with E-state index in [4.69, 9.17) is 39.6 Å². The number of carbonyl (C=O) groups is 2. The number of carbonyl (C=O) groups excluding carboxylic acids is 2. The second-order valence-corrected chi connectivity index (χ2v) is 18.5. The van der Waals surface area contributed by atoms with Gasteiger partial charge in [-0.1, -0.05) is 18.6 Å². The van der Waals surface area contributed by atoms with Crippen LogP contribution in [0.3, 0.4) is 0 Å². The number of nitrogens with one attached hydrogen (secondary N) is 2. The monoisotopic (exact) mass is 866 g/mol. The third-order valence-corrected chi connectivity index (χ3v) is 13.0. The summed E-state index contributed by atoms with van der Waals surface area (Å²) in [5.74, 6) is 1.52. The number of aromatic nitrogens is 2. The van der Waals surface area contributed by atoms with E-state index in [1.807, 2.05) is 18.9 Å². The molecule has 0 radical (unpaired) electrons. The van der Waals surface area contributed by atoms with Gasteiger partial charge < -0.3 is 29.0 Å². The fourth-order valence-electron chi connectivity index (χ4n) is 8.10. The van der Waals surface area contributed by atoms with Crippen molar-refractivity contribution in [2.45, 2.75) is 116 Å². The van der Waals surface area contributed by atoms with Gasteiger partial charge in [0.2, 0.25) is 5.91 Å². The number of fused-ring (bicyclic) bond motifs is 2. The highest BCUT2D eigenvalue weighted by Gasteiger charge is 2.42. The van der Waals surface area contributed by atoms with Gasteiger partial charge in [0.25, 0.3) is 0 Å². The molecule has 6 atom stereocenters. The van der Waals surface area contributed by atoms with E-state index in [1.54, 1.807) is 45.9 Å². The zero-order valence-corrected chi connectivity index (χ0v) is 36.9. The van der Waals surface area contributed by atoms with Crippen LogP contribution < -0.4 is 29.3 Å². The number of terminal acetylenes is 1. The second-order valence-electron chi connectivity index (χ2n) is 16.9. The molecule has 2 unspecified atom stereocenters. The van der Waals surface area contributed by atoms with Gasteiger partial charge in [-0.3, -0.25) is 19.0 Å². The normalized spacial score (nSPS) is 23.3. The van der Waals surface area contributed by atoms with Gasteiger partial charge in [-0.2, -0.15) is 15.1 Å². The van der Waals surface area contributed by atoms with Crippen LogP contribution in [0, 0.1) is 18.2 Å². The fourth-order valence-corrected chi connectivity index (χ4v) is 9.77. The van der Waals surface area contributed by atoms with Crippen LogP contribution in [0.1, 0.15) is 90.0 Å². The first-order valence-corrected chi connectivity index (χ1v) is 22.3. The van der Waals surface area contributed by atoms with Crippen molar-refractivity contribution < 1.29 is 46.2 Å². The maximum atomic E-state index is 15.5. The van der Waals surface area contributed by atoms with Crippen molar-refractivity contribution in [3.8, 4) is 29.9 Å². The van der Waals surface area contributed by atoms with Gasteiger partial charge in [0, 0.05) is 49.8 Å². The molecule has 17 heteroatoms. The Balaban J connectivity index is 1.41. The Kier molecular flexibility index (Phi) is 14.3. The van der Waals surface area contributed by atoms with Gasteiger partial charge in [-0.05, 0) is 103 Å². The van der Waals surface area contributed by atoms with Crippen molar-refractivity contribution in [2.24, 2.45) is 0 Å². The van der Waals surface area contributed by atoms with Gasteiger partial charge in [0.1, 0.15) is 30.4 Å². The highest BCUT2D eigenvalue weighted by Crippen LogP contribution is 2.49. The molecule has 3 aliphatic rings. The molecule has 61 heavy (non-hydrogen) atoms. The van der Waals surface area contributed by atoms with Crippen LogP contribution >= 0.6 is 7.75 Å². The van der Waals surface area contributed by atoms with Crippen LogP contribution in [-0.2, 0) is 29.8 Å². The molecule has 1 aromatic heterocycles. The number of nitrogens with zero attached hydrogens (tertiary/aromatic N) is 4. The summed E-state index contributed by atoms with van der Waals surface area (Å²) in [4.78, 5) is 38.8. The molecule has 6 rings (SSSR count).